The Morgan fingerprint density at radius 1 is 1.07 bits per heavy atom. The van der Waals surface area contributed by atoms with Crippen molar-refractivity contribution in [3.05, 3.63) is 12.2 Å². The van der Waals surface area contributed by atoms with Gasteiger partial charge < -0.3 is 5.41 Å². The van der Waals surface area contributed by atoms with E-state index in [1.165, 1.54) is 44.1 Å². The number of hydrogen-bond donors (Lipinski definition) is 1. The predicted octanol–water partition coefficient (Wildman–Crippen LogP) is 4.33. The molecule has 1 nitrogen and oxygen atoms in total. The molecule has 1 heteroatoms. The third-order valence-electron chi connectivity index (χ3n) is 3.29. The van der Waals surface area contributed by atoms with Crippen molar-refractivity contribution in [3.63, 3.8) is 0 Å². The zero-order chi connectivity index (χ0) is 10.4. The highest BCUT2D eigenvalue weighted by Gasteiger charge is 2.08. The molecule has 1 atom stereocenters. The van der Waals surface area contributed by atoms with E-state index in [0.717, 1.165) is 18.6 Å². The van der Waals surface area contributed by atoms with Gasteiger partial charge in [0, 0.05) is 5.71 Å². The van der Waals surface area contributed by atoms with E-state index in [1.807, 2.05) is 0 Å². The summed E-state index contributed by atoms with van der Waals surface area (Å²) in [5.74, 6) is 0.697. The van der Waals surface area contributed by atoms with Crippen molar-refractivity contribution in [3.8, 4) is 0 Å². The van der Waals surface area contributed by atoms with Gasteiger partial charge in [0.2, 0.25) is 0 Å². The highest BCUT2D eigenvalue weighted by molar-refractivity contribution is 5.81. The molecular formula is C13H23N. The second kappa shape index (κ2) is 6.00. The second-order valence-corrected chi connectivity index (χ2v) is 4.62. The van der Waals surface area contributed by atoms with E-state index in [0.29, 0.717) is 5.92 Å². The van der Waals surface area contributed by atoms with E-state index in [4.69, 9.17) is 5.41 Å². The number of rotatable bonds is 0. The minimum absolute atomic E-state index is 0.697. The van der Waals surface area contributed by atoms with Crippen LogP contribution in [0.3, 0.4) is 0 Å². The monoisotopic (exact) mass is 193 g/mol. The number of nitrogens with one attached hydrogen (secondary N) is 1. The van der Waals surface area contributed by atoms with Gasteiger partial charge in [0.15, 0.2) is 0 Å². The third-order valence-corrected chi connectivity index (χ3v) is 3.29. The molecule has 0 spiro atoms. The lowest BCUT2D eigenvalue weighted by Gasteiger charge is -2.13. The molecule has 1 aliphatic rings. The van der Waals surface area contributed by atoms with Crippen LogP contribution in [0.2, 0.25) is 0 Å². The van der Waals surface area contributed by atoms with Crippen LogP contribution in [0.1, 0.15) is 58.3 Å². The zero-order valence-electron chi connectivity index (χ0n) is 9.44. The average molecular weight is 193 g/mol. The number of allylic oxidation sites excluding steroid dienone is 1. The van der Waals surface area contributed by atoms with Gasteiger partial charge in [-0.1, -0.05) is 25.5 Å². The maximum atomic E-state index is 7.74. The van der Waals surface area contributed by atoms with Gasteiger partial charge in [-0.2, -0.15) is 0 Å². The Labute approximate surface area is 88.1 Å². The van der Waals surface area contributed by atoms with Gasteiger partial charge in [-0.15, -0.1) is 0 Å². The van der Waals surface area contributed by atoms with Crippen molar-refractivity contribution >= 4 is 5.71 Å². The van der Waals surface area contributed by atoms with Crippen molar-refractivity contribution in [1.82, 2.24) is 0 Å². The van der Waals surface area contributed by atoms with E-state index in [2.05, 4.69) is 13.5 Å². The molecule has 80 valence electrons. The van der Waals surface area contributed by atoms with Crippen LogP contribution in [-0.2, 0) is 0 Å². The maximum absolute atomic E-state index is 7.74. The molecule has 1 saturated carbocycles. The molecule has 0 radical (unpaired) electrons. The van der Waals surface area contributed by atoms with Crippen LogP contribution in [0.4, 0.5) is 0 Å². The van der Waals surface area contributed by atoms with Gasteiger partial charge >= 0.3 is 0 Å². The maximum Gasteiger partial charge on any atom is 0.00891 e. The van der Waals surface area contributed by atoms with E-state index < -0.39 is 0 Å². The Hall–Kier alpha value is -0.590. The summed E-state index contributed by atoms with van der Waals surface area (Å²) in [6.45, 7) is 6.46. The lowest BCUT2D eigenvalue weighted by atomic mass is 9.93. The van der Waals surface area contributed by atoms with Gasteiger partial charge in [-0.25, -0.2) is 0 Å². The summed E-state index contributed by atoms with van der Waals surface area (Å²) >= 11 is 0. The minimum atomic E-state index is 0.697. The Bertz CT molecular complexity index is 205. The van der Waals surface area contributed by atoms with Crippen molar-refractivity contribution in [2.75, 3.05) is 0 Å². The predicted molar refractivity (Wildman–Crippen MR) is 63.0 cm³/mol. The molecule has 1 unspecified atom stereocenters. The van der Waals surface area contributed by atoms with Gasteiger partial charge in [-0.05, 0) is 50.9 Å². The first kappa shape index (κ1) is 11.5. The van der Waals surface area contributed by atoms with Crippen LogP contribution in [0.5, 0.6) is 0 Å². The standard InChI is InChI=1S/C13H23N/c1-11-7-3-5-9-13(14)10-6-4-8-12(11)2/h12,14H,1,3-10H2,2H3. The molecule has 0 aromatic heterocycles. The number of hydrogen-bond acceptors (Lipinski definition) is 1. The molecule has 0 aromatic carbocycles. The fraction of sp³-hybridized carbons (Fsp3) is 0.769. The average Bonchev–Trinajstić information content (AvgIpc) is 2.19. The molecule has 0 bridgehead atoms. The highest BCUT2D eigenvalue weighted by Crippen LogP contribution is 2.23. The lowest BCUT2D eigenvalue weighted by Crippen LogP contribution is -1.98. The first-order valence-corrected chi connectivity index (χ1v) is 5.94. The van der Waals surface area contributed by atoms with Gasteiger partial charge in [0.05, 0.1) is 0 Å². The van der Waals surface area contributed by atoms with Crippen molar-refractivity contribution in [2.24, 2.45) is 5.92 Å². The van der Waals surface area contributed by atoms with E-state index in [1.54, 1.807) is 0 Å². The molecule has 0 saturated heterocycles. The quantitative estimate of drug-likeness (QED) is 0.554. The highest BCUT2D eigenvalue weighted by atomic mass is 14.4. The molecule has 1 rings (SSSR count). The summed E-state index contributed by atoms with van der Waals surface area (Å²) in [4.78, 5) is 0. The molecule has 0 aliphatic heterocycles. The Balaban J connectivity index is 2.41. The summed E-state index contributed by atoms with van der Waals surface area (Å²) in [6, 6.07) is 0. The fourth-order valence-electron chi connectivity index (χ4n) is 2.05. The first-order chi connectivity index (χ1) is 6.70. The van der Waals surface area contributed by atoms with Gasteiger partial charge in [0.1, 0.15) is 0 Å². The molecule has 14 heavy (non-hydrogen) atoms. The topological polar surface area (TPSA) is 23.9 Å². The summed E-state index contributed by atoms with van der Waals surface area (Å²) < 4.78 is 0. The van der Waals surface area contributed by atoms with Crippen LogP contribution in [-0.4, -0.2) is 5.71 Å². The summed E-state index contributed by atoms with van der Waals surface area (Å²) in [5, 5.41) is 7.74. The molecular weight excluding hydrogens is 170 g/mol. The second-order valence-electron chi connectivity index (χ2n) is 4.62. The largest absolute Gasteiger partial charge is 0.310 e. The van der Waals surface area contributed by atoms with Crippen molar-refractivity contribution in [2.45, 2.75) is 58.3 Å². The van der Waals surface area contributed by atoms with Crippen LogP contribution >= 0.6 is 0 Å². The summed E-state index contributed by atoms with van der Waals surface area (Å²) in [7, 11) is 0. The fourth-order valence-corrected chi connectivity index (χ4v) is 2.05. The van der Waals surface area contributed by atoms with Gasteiger partial charge in [-0.3, -0.25) is 0 Å². The van der Waals surface area contributed by atoms with E-state index >= 15 is 0 Å². The summed E-state index contributed by atoms with van der Waals surface area (Å²) in [6.07, 6.45) is 9.37. The van der Waals surface area contributed by atoms with E-state index in [-0.39, 0.29) is 0 Å². The van der Waals surface area contributed by atoms with Crippen LogP contribution in [0.15, 0.2) is 12.2 Å². The Morgan fingerprint density at radius 2 is 1.64 bits per heavy atom. The Morgan fingerprint density at radius 3 is 2.36 bits per heavy atom. The van der Waals surface area contributed by atoms with Crippen LogP contribution in [0.25, 0.3) is 0 Å². The van der Waals surface area contributed by atoms with Crippen LogP contribution < -0.4 is 0 Å². The minimum Gasteiger partial charge on any atom is -0.310 e. The molecule has 1 N–H and O–H groups in total. The molecule has 0 amide bonds. The first-order valence-electron chi connectivity index (χ1n) is 5.94. The van der Waals surface area contributed by atoms with E-state index in [9.17, 15) is 0 Å². The van der Waals surface area contributed by atoms with Crippen molar-refractivity contribution < 1.29 is 0 Å². The normalized spacial score (nSPS) is 27.1. The lowest BCUT2D eigenvalue weighted by molar-refractivity contribution is 0.546. The smallest absolute Gasteiger partial charge is 0.00891 e. The molecule has 0 heterocycles. The third kappa shape index (κ3) is 4.08. The molecule has 0 aromatic rings. The van der Waals surface area contributed by atoms with Crippen LogP contribution in [0, 0.1) is 11.3 Å². The molecule has 1 aliphatic carbocycles. The SMILES string of the molecule is C=C1CCCCC(=N)CCCCC1C. The molecule has 1 fully saturated rings. The Kier molecular flexibility index (Phi) is 4.92. The van der Waals surface area contributed by atoms with Crippen molar-refractivity contribution in [1.29, 1.82) is 5.41 Å². The summed E-state index contributed by atoms with van der Waals surface area (Å²) in [5.41, 5.74) is 2.39. The van der Waals surface area contributed by atoms with Gasteiger partial charge in [0.25, 0.3) is 0 Å². The zero-order valence-corrected chi connectivity index (χ0v) is 9.44.